The first kappa shape index (κ1) is 23.8. The van der Waals surface area contributed by atoms with Crippen LogP contribution in [0.2, 0.25) is 0 Å². The van der Waals surface area contributed by atoms with Crippen molar-refractivity contribution < 1.29 is 27.5 Å². The molecule has 0 bridgehead atoms. The summed E-state index contributed by atoms with van der Waals surface area (Å²) >= 11 is 0. The Labute approximate surface area is 193 Å². The van der Waals surface area contributed by atoms with Gasteiger partial charge in [-0.2, -0.15) is 0 Å². The van der Waals surface area contributed by atoms with Crippen molar-refractivity contribution in [3.63, 3.8) is 0 Å². The van der Waals surface area contributed by atoms with Crippen LogP contribution in [0, 0.1) is 0 Å². The molecule has 0 spiro atoms. The minimum absolute atomic E-state index is 0.0483. The zero-order valence-corrected chi connectivity index (χ0v) is 19.3. The highest BCUT2D eigenvalue weighted by molar-refractivity contribution is 7.93. The summed E-state index contributed by atoms with van der Waals surface area (Å²) in [4.78, 5) is 26.5. The van der Waals surface area contributed by atoms with Crippen LogP contribution in [0.1, 0.15) is 6.92 Å². The van der Waals surface area contributed by atoms with Crippen molar-refractivity contribution in [1.29, 1.82) is 0 Å². The van der Waals surface area contributed by atoms with Gasteiger partial charge in [0.25, 0.3) is 10.0 Å². The number of rotatable bonds is 7. The number of methoxy groups -OCH3 is 2. The molecule has 0 unspecified atom stereocenters. The number of ether oxygens (including phenoxy) is 2. The number of carbonyl (C=O) groups excluding carboxylic acids is 2. The van der Waals surface area contributed by atoms with Gasteiger partial charge >= 0.3 is 11.9 Å². The Bertz CT molecular complexity index is 1230. The molecule has 0 aliphatic carbocycles. The number of anilines is 2. The summed E-state index contributed by atoms with van der Waals surface area (Å²) < 4.78 is 38.5. The van der Waals surface area contributed by atoms with Crippen LogP contribution in [0.15, 0.2) is 95.2 Å². The van der Waals surface area contributed by atoms with Gasteiger partial charge in [0, 0.05) is 12.7 Å². The number of nitrogens with zero attached hydrogens (tertiary/aromatic N) is 2. The van der Waals surface area contributed by atoms with Gasteiger partial charge in [-0.25, -0.2) is 18.0 Å². The van der Waals surface area contributed by atoms with Gasteiger partial charge in [0.05, 0.1) is 31.2 Å². The predicted octanol–water partition coefficient (Wildman–Crippen LogP) is 3.39. The number of hydrogen-bond donors (Lipinski definition) is 0. The SMILES string of the molecule is CCN(c1ccccc1)S(=O)(=O)c1ccccc1N1C=CC=CC(C(=O)OC)=C1C(=O)OC. The predicted molar refractivity (Wildman–Crippen MR) is 125 cm³/mol. The van der Waals surface area contributed by atoms with E-state index >= 15 is 0 Å². The lowest BCUT2D eigenvalue weighted by atomic mass is 10.1. The van der Waals surface area contributed by atoms with Gasteiger partial charge < -0.3 is 14.4 Å². The maximum atomic E-state index is 13.8. The Balaban J connectivity index is 2.24. The molecule has 0 N–H and O–H groups in total. The zero-order chi connectivity index (χ0) is 24.0. The van der Waals surface area contributed by atoms with E-state index in [-0.39, 0.29) is 28.4 Å². The molecule has 0 atom stereocenters. The van der Waals surface area contributed by atoms with Crippen LogP contribution in [0.5, 0.6) is 0 Å². The number of esters is 2. The molecule has 0 amide bonds. The second kappa shape index (κ2) is 10.2. The number of allylic oxidation sites excluding steroid dienone is 2. The summed E-state index contributed by atoms with van der Waals surface area (Å²) in [5.41, 5.74) is 0.437. The van der Waals surface area contributed by atoms with E-state index in [1.807, 2.05) is 0 Å². The molecule has 0 fully saturated rings. The average Bonchev–Trinajstić information content (AvgIpc) is 3.07. The quantitative estimate of drug-likeness (QED) is 0.575. The molecule has 1 aliphatic rings. The van der Waals surface area contributed by atoms with Crippen LogP contribution in [-0.4, -0.2) is 41.1 Å². The fraction of sp³-hybridized carbons (Fsp3) is 0.167. The molecule has 0 saturated heterocycles. The second-order valence-corrected chi connectivity index (χ2v) is 8.62. The van der Waals surface area contributed by atoms with Crippen molar-refractivity contribution in [3.8, 4) is 0 Å². The van der Waals surface area contributed by atoms with Gasteiger partial charge in [-0.1, -0.05) is 36.4 Å². The third kappa shape index (κ3) is 4.68. The van der Waals surface area contributed by atoms with E-state index in [4.69, 9.17) is 9.47 Å². The largest absolute Gasteiger partial charge is 0.465 e. The molecule has 1 heterocycles. The molecule has 9 heteroatoms. The lowest BCUT2D eigenvalue weighted by Crippen LogP contribution is -2.33. The van der Waals surface area contributed by atoms with Crippen LogP contribution in [0.3, 0.4) is 0 Å². The van der Waals surface area contributed by atoms with E-state index in [9.17, 15) is 18.0 Å². The van der Waals surface area contributed by atoms with Gasteiger partial charge in [0.1, 0.15) is 10.6 Å². The first-order valence-electron chi connectivity index (χ1n) is 10.1. The third-order valence-corrected chi connectivity index (χ3v) is 6.86. The van der Waals surface area contributed by atoms with E-state index in [1.165, 1.54) is 41.8 Å². The fourth-order valence-electron chi connectivity index (χ4n) is 3.43. The van der Waals surface area contributed by atoms with Gasteiger partial charge in [-0.3, -0.25) is 4.31 Å². The van der Waals surface area contributed by atoms with E-state index in [0.717, 1.165) is 0 Å². The van der Waals surface area contributed by atoms with E-state index in [2.05, 4.69) is 0 Å². The minimum atomic E-state index is -4.05. The second-order valence-electron chi connectivity index (χ2n) is 6.79. The van der Waals surface area contributed by atoms with Gasteiger partial charge in [0.15, 0.2) is 0 Å². The first-order valence-corrected chi connectivity index (χ1v) is 11.5. The number of benzene rings is 2. The smallest absolute Gasteiger partial charge is 0.355 e. The van der Waals surface area contributed by atoms with Crippen LogP contribution < -0.4 is 9.21 Å². The average molecular weight is 469 g/mol. The van der Waals surface area contributed by atoms with E-state index in [0.29, 0.717) is 5.69 Å². The zero-order valence-electron chi connectivity index (χ0n) is 18.5. The summed E-state index contributed by atoms with van der Waals surface area (Å²) in [5.74, 6) is -1.59. The Hall–Kier alpha value is -3.85. The van der Waals surface area contributed by atoms with Crippen LogP contribution in [-0.2, 0) is 29.1 Å². The Morgan fingerprint density at radius 2 is 1.55 bits per heavy atom. The number of carbonyl (C=O) groups is 2. The Kier molecular flexibility index (Phi) is 7.34. The molecule has 0 aromatic heterocycles. The van der Waals surface area contributed by atoms with Crippen molar-refractivity contribution in [1.82, 2.24) is 0 Å². The lowest BCUT2D eigenvalue weighted by Gasteiger charge is -2.28. The highest BCUT2D eigenvalue weighted by Gasteiger charge is 2.33. The molecule has 33 heavy (non-hydrogen) atoms. The summed E-state index contributed by atoms with van der Waals surface area (Å²) in [7, 11) is -1.68. The summed E-state index contributed by atoms with van der Waals surface area (Å²) in [6.45, 7) is 1.92. The standard InChI is InChI=1S/C24H24N2O6S/c1-4-26(18-12-6-5-7-13-18)33(29,30)21-16-9-8-15-20(21)25-17-11-10-14-19(23(27)31-2)22(25)24(28)32-3/h5-17H,4H2,1-3H3. The molecule has 8 nitrogen and oxygen atoms in total. The summed E-state index contributed by atoms with van der Waals surface area (Å²) in [5, 5.41) is 0. The number of hydrogen-bond acceptors (Lipinski definition) is 7. The molecule has 172 valence electrons. The number of sulfonamides is 1. The minimum Gasteiger partial charge on any atom is -0.465 e. The van der Waals surface area contributed by atoms with Crippen molar-refractivity contribution in [2.75, 3.05) is 30.0 Å². The summed E-state index contributed by atoms with van der Waals surface area (Å²) in [6, 6.07) is 15.0. The first-order chi connectivity index (χ1) is 15.9. The Morgan fingerprint density at radius 3 is 2.18 bits per heavy atom. The van der Waals surface area contributed by atoms with Crippen molar-refractivity contribution in [3.05, 3.63) is 90.3 Å². The van der Waals surface area contributed by atoms with Crippen LogP contribution in [0.25, 0.3) is 0 Å². The molecule has 0 saturated carbocycles. The normalized spacial score (nSPS) is 13.5. The maximum absolute atomic E-state index is 13.8. The van der Waals surface area contributed by atoms with Gasteiger partial charge in [-0.15, -0.1) is 0 Å². The third-order valence-electron chi connectivity index (χ3n) is 4.91. The van der Waals surface area contributed by atoms with Crippen molar-refractivity contribution in [2.24, 2.45) is 0 Å². The molecule has 1 aliphatic heterocycles. The monoisotopic (exact) mass is 468 g/mol. The van der Waals surface area contributed by atoms with Crippen molar-refractivity contribution in [2.45, 2.75) is 11.8 Å². The maximum Gasteiger partial charge on any atom is 0.355 e. The summed E-state index contributed by atoms with van der Waals surface area (Å²) in [6.07, 6.45) is 6.03. The van der Waals surface area contributed by atoms with Crippen molar-refractivity contribution >= 4 is 33.3 Å². The molecular weight excluding hydrogens is 444 g/mol. The number of para-hydroxylation sites is 2. The topological polar surface area (TPSA) is 93.2 Å². The van der Waals surface area contributed by atoms with Gasteiger partial charge in [-0.05, 0) is 43.3 Å². The van der Waals surface area contributed by atoms with E-state index in [1.54, 1.807) is 67.6 Å². The lowest BCUT2D eigenvalue weighted by molar-refractivity contribution is -0.139. The molecular formula is C24H24N2O6S. The van der Waals surface area contributed by atoms with Crippen LogP contribution in [0.4, 0.5) is 11.4 Å². The fourth-order valence-corrected chi connectivity index (χ4v) is 5.09. The molecule has 2 aromatic carbocycles. The van der Waals surface area contributed by atoms with Crippen LogP contribution >= 0.6 is 0 Å². The molecule has 0 radical (unpaired) electrons. The molecule has 2 aromatic rings. The van der Waals surface area contributed by atoms with Gasteiger partial charge in [0.2, 0.25) is 0 Å². The Morgan fingerprint density at radius 1 is 0.909 bits per heavy atom. The highest BCUT2D eigenvalue weighted by Crippen LogP contribution is 2.34. The van der Waals surface area contributed by atoms with E-state index < -0.39 is 22.0 Å². The molecule has 3 rings (SSSR count). The highest BCUT2D eigenvalue weighted by atomic mass is 32.2.